The number of hydrogen-bond acceptors (Lipinski definition) is 5. The van der Waals surface area contributed by atoms with Crippen LogP contribution in [0.3, 0.4) is 0 Å². The molecule has 0 saturated carbocycles. The zero-order chi connectivity index (χ0) is 18.3. The highest BCUT2D eigenvalue weighted by Gasteiger charge is 2.31. The molecule has 0 radical (unpaired) electrons. The van der Waals surface area contributed by atoms with Crippen molar-refractivity contribution in [2.45, 2.75) is 46.2 Å². The lowest BCUT2D eigenvalue weighted by Crippen LogP contribution is -2.31. The van der Waals surface area contributed by atoms with Crippen LogP contribution in [-0.2, 0) is 8.85 Å². The van der Waals surface area contributed by atoms with Crippen LogP contribution in [0.25, 0.3) is 10.1 Å². The highest BCUT2D eigenvalue weighted by Crippen LogP contribution is 2.34. The van der Waals surface area contributed by atoms with Crippen LogP contribution in [-0.4, -0.2) is 28.6 Å². The lowest BCUT2D eigenvalue weighted by molar-refractivity contribution is 0.0686. The first-order valence-corrected chi connectivity index (χ1v) is 15.5. The molecule has 0 saturated heterocycles. The van der Waals surface area contributed by atoms with E-state index in [1.165, 1.54) is 11.3 Å². The Morgan fingerprint density at radius 3 is 2.00 bits per heavy atom. The third-order valence-corrected chi connectivity index (χ3v) is 5.78. The maximum atomic E-state index is 12.8. The monoisotopic (exact) mass is 380 g/mol. The molecule has 0 aliphatic rings. The van der Waals surface area contributed by atoms with Gasteiger partial charge in [-0.15, -0.1) is 11.3 Å². The van der Waals surface area contributed by atoms with E-state index in [1.54, 1.807) is 0 Å². The van der Waals surface area contributed by atoms with E-state index >= 15 is 0 Å². The minimum absolute atomic E-state index is 0.348. The second-order valence-electron chi connectivity index (χ2n) is 7.81. The van der Waals surface area contributed by atoms with Crippen molar-refractivity contribution < 1.29 is 18.4 Å². The zero-order valence-corrected chi connectivity index (χ0v) is 18.1. The van der Waals surface area contributed by atoms with Crippen molar-refractivity contribution in [3.05, 3.63) is 34.2 Å². The Bertz CT molecular complexity index is 797. The summed E-state index contributed by atoms with van der Waals surface area (Å²) in [5.41, 5.74) is 1.39. The summed E-state index contributed by atoms with van der Waals surface area (Å²) < 4.78 is 12.2. The van der Waals surface area contributed by atoms with Gasteiger partial charge in [-0.1, -0.05) is 11.6 Å². The molecule has 0 amide bonds. The predicted molar refractivity (Wildman–Crippen MR) is 104 cm³/mol. The molecule has 1 aromatic carbocycles. The van der Waals surface area contributed by atoms with Gasteiger partial charge in [0.2, 0.25) is 16.6 Å². The molecule has 0 bridgehead atoms. The van der Waals surface area contributed by atoms with E-state index in [1.807, 2.05) is 64.4 Å². The molecule has 130 valence electrons. The van der Waals surface area contributed by atoms with Gasteiger partial charge in [-0.3, -0.25) is 0 Å². The van der Waals surface area contributed by atoms with Gasteiger partial charge in [0.05, 0.1) is 5.56 Å². The van der Waals surface area contributed by atoms with Crippen molar-refractivity contribution in [3.63, 3.8) is 0 Å². The van der Waals surface area contributed by atoms with Gasteiger partial charge >= 0.3 is 11.9 Å². The maximum Gasteiger partial charge on any atom is 0.335 e. The first kappa shape index (κ1) is 18.9. The molecule has 4 nitrogen and oxygen atoms in total. The van der Waals surface area contributed by atoms with E-state index in [-0.39, 0.29) is 0 Å². The predicted octanol–water partition coefficient (Wildman–Crippen LogP) is 5.19. The number of benzene rings is 1. The van der Waals surface area contributed by atoms with Crippen molar-refractivity contribution in [1.82, 2.24) is 0 Å². The lowest BCUT2D eigenvalue weighted by atomic mass is 10.1. The Balaban J connectivity index is 2.60. The highest BCUT2D eigenvalue weighted by molar-refractivity contribution is 7.21. The van der Waals surface area contributed by atoms with Crippen molar-refractivity contribution in [3.8, 4) is 0 Å². The molecule has 7 heteroatoms. The van der Waals surface area contributed by atoms with Crippen LogP contribution in [0.2, 0.25) is 39.3 Å². The van der Waals surface area contributed by atoms with Crippen molar-refractivity contribution in [1.29, 1.82) is 0 Å². The van der Waals surface area contributed by atoms with Crippen molar-refractivity contribution in [2.24, 2.45) is 0 Å². The first-order chi connectivity index (χ1) is 10.9. The molecule has 0 N–H and O–H groups in total. The summed E-state index contributed by atoms with van der Waals surface area (Å²) in [5, 5.41) is 0.769. The van der Waals surface area contributed by atoms with Gasteiger partial charge in [0.25, 0.3) is 0 Å². The summed E-state index contributed by atoms with van der Waals surface area (Å²) in [4.78, 5) is 25.7. The third kappa shape index (κ3) is 4.55. The van der Waals surface area contributed by atoms with Gasteiger partial charge < -0.3 is 8.85 Å². The second-order valence-corrected chi connectivity index (χ2v) is 17.7. The number of rotatable bonds is 4. The van der Waals surface area contributed by atoms with E-state index < -0.39 is 28.6 Å². The summed E-state index contributed by atoms with van der Waals surface area (Å²) in [6.45, 7) is 13.7. The Morgan fingerprint density at radius 1 is 0.917 bits per heavy atom. The average Bonchev–Trinajstić information content (AvgIpc) is 2.73. The summed E-state index contributed by atoms with van der Waals surface area (Å²) >= 11 is 1.30. The molecule has 24 heavy (non-hydrogen) atoms. The summed E-state index contributed by atoms with van der Waals surface area (Å²) in [6, 6.07) is 5.84. The number of carbonyl (C=O) groups is 2. The van der Waals surface area contributed by atoms with Crippen LogP contribution in [0.15, 0.2) is 18.2 Å². The number of thiophene rings is 1. The first-order valence-electron chi connectivity index (χ1n) is 7.87. The number of fused-ring (bicyclic) bond motifs is 1. The van der Waals surface area contributed by atoms with E-state index in [0.29, 0.717) is 10.4 Å². The molecule has 0 spiro atoms. The number of hydrogen-bond donors (Lipinski definition) is 0. The van der Waals surface area contributed by atoms with Gasteiger partial charge in [-0.2, -0.15) is 0 Å². The standard InChI is InChI=1S/C17H24O4SSi2/c1-11-8-9-13-12(10-11)14(16(18)20-23(2,3)4)15(22-13)17(19)21-24(5,6)7/h8-10H,1-7H3. The number of carbonyl (C=O) groups excluding carboxylic acids is 2. The minimum atomic E-state index is -2.07. The van der Waals surface area contributed by atoms with Crippen LogP contribution in [0.4, 0.5) is 0 Å². The topological polar surface area (TPSA) is 52.6 Å². The summed E-state index contributed by atoms with van der Waals surface area (Å²) in [5.74, 6) is -0.843. The Morgan fingerprint density at radius 2 is 1.46 bits per heavy atom. The van der Waals surface area contributed by atoms with Gasteiger partial charge in [0.1, 0.15) is 4.88 Å². The molecule has 2 aromatic rings. The largest absolute Gasteiger partial charge is 0.516 e. The van der Waals surface area contributed by atoms with E-state index in [2.05, 4.69) is 0 Å². The summed E-state index contributed by atoms with van der Waals surface area (Å²) in [6.07, 6.45) is 0. The fraction of sp³-hybridized carbons (Fsp3) is 0.412. The molecule has 0 fully saturated rings. The average molecular weight is 381 g/mol. The van der Waals surface area contributed by atoms with Crippen LogP contribution < -0.4 is 0 Å². The smallest absolute Gasteiger partial charge is 0.335 e. The van der Waals surface area contributed by atoms with Crippen LogP contribution in [0, 0.1) is 6.92 Å². The molecule has 1 aromatic heterocycles. The normalized spacial score (nSPS) is 12.3. The van der Waals surface area contributed by atoms with Gasteiger partial charge in [-0.25, -0.2) is 9.59 Å². The Labute approximate surface area is 149 Å². The van der Waals surface area contributed by atoms with Crippen LogP contribution >= 0.6 is 11.3 Å². The van der Waals surface area contributed by atoms with Crippen molar-refractivity contribution in [2.75, 3.05) is 0 Å². The molecule has 1 heterocycles. The quantitative estimate of drug-likeness (QED) is 0.685. The third-order valence-electron chi connectivity index (χ3n) is 3.03. The maximum absolute atomic E-state index is 12.8. The fourth-order valence-electron chi connectivity index (χ4n) is 2.21. The van der Waals surface area contributed by atoms with Gasteiger partial charge in [0.15, 0.2) is 0 Å². The summed E-state index contributed by atoms with van der Waals surface area (Å²) in [7, 11) is -4.12. The molecule has 0 unspecified atom stereocenters. The van der Waals surface area contributed by atoms with Gasteiger partial charge in [-0.05, 0) is 58.3 Å². The van der Waals surface area contributed by atoms with E-state index in [0.717, 1.165) is 15.6 Å². The fourth-order valence-corrected chi connectivity index (χ4v) is 4.65. The van der Waals surface area contributed by atoms with Gasteiger partial charge in [0, 0.05) is 10.1 Å². The lowest BCUT2D eigenvalue weighted by Gasteiger charge is -2.19. The minimum Gasteiger partial charge on any atom is -0.516 e. The number of aryl methyl sites for hydroxylation is 1. The van der Waals surface area contributed by atoms with E-state index in [9.17, 15) is 9.59 Å². The molecule has 0 atom stereocenters. The second kappa shape index (κ2) is 6.46. The zero-order valence-electron chi connectivity index (χ0n) is 15.3. The van der Waals surface area contributed by atoms with Crippen molar-refractivity contribution >= 4 is 50.0 Å². The highest BCUT2D eigenvalue weighted by atomic mass is 32.1. The van der Waals surface area contributed by atoms with Crippen LogP contribution in [0.1, 0.15) is 25.6 Å². The Hall–Kier alpha value is -1.45. The molecule has 2 rings (SSSR count). The molecule has 0 aliphatic heterocycles. The molecular formula is C17H24O4SSi2. The molecular weight excluding hydrogens is 356 g/mol. The molecule has 0 aliphatic carbocycles. The van der Waals surface area contributed by atoms with E-state index in [4.69, 9.17) is 8.85 Å². The van der Waals surface area contributed by atoms with Crippen LogP contribution in [0.5, 0.6) is 0 Å². The Kier molecular flexibility index (Phi) is 5.08. The SMILES string of the molecule is Cc1ccc2sc(C(=O)O[Si](C)(C)C)c(C(=O)O[Si](C)(C)C)c2c1.